The first-order chi connectivity index (χ1) is 4.84. The van der Waals surface area contributed by atoms with Gasteiger partial charge in [0.25, 0.3) is 0 Å². The van der Waals surface area contributed by atoms with Crippen molar-refractivity contribution < 1.29 is 9.53 Å². The molecular formula is C6H10BrNO2. The molecule has 0 unspecified atom stereocenters. The summed E-state index contributed by atoms with van der Waals surface area (Å²) in [6.07, 6.45) is 0.829. The third-order valence-corrected chi connectivity index (χ3v) is 1.97. The van der Waals surface area contributed by atoms with Gasteiger partial charge in [0, 0.05) is 11.9 Å². The molecular weight excluding hydrogens is 198 g/mol. The van der Waals surface area contributed by atoms with Crippen LogP contribution in [0.5, 0.6) is 0 Å². The van der Waals surface area contributed by atoms with Crippen molar-refractivity contribution in [3.05, 3.63) is 0 Å². The summed E-state index contributed by atoms with van der Waals surface area (Å²) in [5, 5.41) is 0.941. The fourth-order valence-electron chi connectivity index (χ4n) is 0.879. The molecule has 1 aliphatic heterocycles. The molecule has 0 spiro atoms. The quantitative estimate of drug-likeness (QED) is 0.652. The number of halogens is 1. The van der Waals surface area contributed by atoms with Crippen molar-refractivity contribution in [3.63, 3.8) is 0 Å². The molecule has 1 fully saturated rings. The van der Waals surface area contributed by atoms with Gasteiger partial charge in [-0.05, 0) is 6.42 Å². The summed E-state index contributed by atoms with van der Waals surface area (Å²) in [4.78, 5) is 12.5. The van der Waals surface area contributed by atoms with Gasteiger partial charge >= 0.3 is 6.09 Å². The van der Waals surface area contributed by atoms with E-state index < -0.39 is 0 Å². The number of alkyl halides is 1. The maximum atomic E-state index is 10.8. The van der Waals surface area contributed by atoms with Crippen molar-refractivity contribution in [2.75, 3.05) is 25.0 Å². The SMILES string of the molecule is O=C1OCCN1CCCBr. The standard InChI is InChI=1S/C6H10BrNO2/c7-2-1-3-8-4-5-10-6(8)9/h1-5H2. The second-order valence-electron chi connectivity index (χ2n) is 2.14. The van der Waals surface area contributed by atoms with Gasteiger partial charge in [0.05, 0.1) is 6.54 Å². The van der Waals surface area contributed by atoms with Gasteiger partial charge in [0.15, 0.2) is 0 Å². The zero-order valence-corrected chi connectivity index (χ0v) is 7.26. The van der Waals surface area contributed by atoms with Crippen molar-refractivity contribution in [2.45, 2.75) is 6.42 Å². The summed E-state index contributed by atoms with van der Waals surface area (Å²) in [6, 6.07) is 0. The number of hydrogen-bond donors (Lipinski definition) is 0. The van der Waals surface area contributed by atoms with Crippen LogP contribution in [-0.4, -0.2) is 36.0 Å². The van der Waals surface area contributed by atoms with Crippen molar-refractivity contribution in [1.29, 1.82) is 0 Å². The van der Waals surface area contributed by atoms with Gasteiger partial charge in [-0.15, -0.1) is 0 Å². The predicted octanol–water partition coefficient (Wildman–Crippen LogP) is 1.22. The molecule has 1 rings (SSSR count). The van der Waals surface area contributed by atoms with Crippen LogP contribution in [0.1, 0.15) is 6.42 Å². The highest BCUT2D eigenvalue weighted by Gasteiger charge is 2.20. The Morgan fingerprint density at radius 3 is 3.00 bits per heavy atom. The van der Waals surface area contributed by atoms with Crippen LogP contribution in [0.3, 0.4) is 0 Å². The highest BCUT2D eigenvalue weighted by atomic mass is 79.9. The molecule has 0 aromatic carbocycles. The van der Waals surface area contributed by atoms with E-state index >= 15 is 0 Å². The average molecular weight is 208 g/mol. The number of amides is 1. The smallest absolute Gasteiger partial charge is 0.409 e. The van der Waals surface area contributed by atoms with Gasteiger partial charge in [-0.25, -0.2) is 4.79 Å². The zero-order chi connectivity index (χ0) is 7.40. The van der Waals surface area contributed by atoms with Crippen molar-refractivity contribution in [3.8, 4) is 0 Å². The Kier molecular flexibility index (Phi) is 2.99. The molecule has 0 atom stereocenters. The van der Waals surface area contributed by atoms with Crippen molar-refractivity contribution in [1.82, 2.24) is 4.90 Å². The second-order valence-corrected chi connectivity index (χ2v) is 2.94. The highest BCUT2D eigenvalue weighted by molar-refractivity contribution is 9.09. The Morgan fingerprint density at radius 1 is 1.70 bits per heavy atom. The third kappa shape index (κ3) is 1.87. The van der Waals surface area contributed by atoms with Crippen LogP contribution < -0.4 is 0 Å². The van der Waals surface area contributed by atoms with Crippen molar-refractivity contribution >= 4 is 22.0 Å². The van der Waals surface area contributed by atoms with E-state index in [1.807, 2.05) is 0 Å². The molecule has 0 radical (unpaired) electrons. The summed E-state index contributed by atoms with van der Waals surface area (Å²) in [5.74, 6) is 0. The molecule has 0 saturated carbocycles. The van der Waals surface area contributed by atoms with Gasteiger partial charge in [-0.2, -0.15) is 0 Å². The molecule has 0 N–H and O–H groups in total. The lowest BCUT2D eigenvalue weighted by Gasteiger charge is -2.09. The monoisotopic (exact) mass is 207 g/mol. The maximum absolute atomic E-state index is 10.8. The van der Waals surface area contributed by atoms with Gasteiger partial charge in [0.2, 0.25) is 0 Å². The lowest BCUT2D eigenvalue weighted by molar-refractivity contribution is 0.158. The molecule has 1 aliphatic rings. The molecule has 4 heteroatoms. The first-order valence-electron chi connectivity index (χ1n) is 3.32. The molecule has 0 aliphatic carbocycles. The van der Waals surface area contributed by atoms with Crippen LogP contribution in [0.25, 0.3) is 0 Å². The Labute approximate surface area is 68.5 Å². The third-order valence-electron chi connectivity index (χ3n) is 1.41. The van der Waals surface area contributed by atoms with Gasteiger partial charge in [-0.1, -0.05) is 15.9 Å². The maximum Gasteiger partial charge on any atom is 0.409 e. The largest absolute Gasteiger partial charge is 0.448 e. The summed E-state index contributed by atoms with van der Waals surface area (Å²) in [7, 11) is 0. The molecule has 58 valence electrons. The van der Waals surface area contributed by atoms with Crippen LogP contribution in [0, 0.1) is 0 Å². The van der Waals surface area contributed by atoms with Gasteiger partial charge in [-0.3, -0.25) is 0 Å². The number of carbonyl (C=O) groups is 1. The lowest BCUT2D eigenvalue weighted by atomic mass is 10.4. The summed E-state index contributed by atoms with van der Waals surface area (Å²) >= 11 is 3.30. The Hall–Kier alpha value is -0.250. The fourth-order valence-corrected chi connectivity index (χ4v) is 1.13. The van der Waals surface area contributed by atoms with Crippen LogP contribution in [0.2, 0.25) is 0 Å². The minimum Gasteiger partial charge on any atom is -0.448 e. The van der Waals surface area contributed by atoms with Crippen LogP contribution >= 0.6 is 15.9 Å². The van der Waals surface area contributed by atoms with Crippen molar-refractivity contribution in [2.24, 2.45) is 0 Å². The normalized spacial score (nSPS) is 17.7. The number of nitrogens with zero attached hydrogens (tertiary/aromatic N) is 1. The second kappa shape index (κ2) is 3.81. The minimum absolute atomic E-state index is 0.166. The van der Waals surface area contributed by atoms with Gasteiger partial charge in [0.1, 0.15) is 6.61 Å². The van der Waals surface area contributed by atoms with E-state index in [1.54, 1.807) is 4.90 Å². The van der Waals surface area contributed by atoms with Crippen LogP contribution in [-0.2, 0) is 4.74 Å². The minimum atomic E-state index is -0.166. The Morgan fingerprint density at radius 2 is 2.50 bits per heavy atom. The van der Waals surface area contributed by atoms with E-state index in [-0.39, 0.29) is 6.09 Å². The topological polar surface area (TPSA) is 29.5 Å². The molecule has 10 heavy (non-hydrogen) atoms. The van der Waals surface area contributed by atoms with E-state index in [1.165, 1.54) is 0 Å². The first kappa shape index (κ1) is 7.85. The molecule has 0 aromatic heterocycles. The van der Waals surface area contributed by atoms with Gasteiger partial charge < -0.3 is 9.64 Å². The molecule has 0 aromatic rings. The predicted molar refractivity (Wildman–Crippen MR) is 41.3 cm³/mol. The van der Waals surface area contributed by atoms with E-state index in [0.29, 0.717) is 6.61 Å². The number of hydrogen-bond acceptors (Lipinski definition) is 2. The summed E-state index contributed by atoms with van der Waals surface area (Å²) < 4.78 is 4.73. The molecule has 3 nitrogen and oxygen atoms in total. The zero-order valence-electron chi connectivity index (χ0n) is 5.68. The van der Waals surface area contributed by atoms with Crippen LogP contribution in [0.4, 0.5) is 4.79 Å². The highest BCUT2D eigenvalue weighted by Crippen LogP contribution is 2.03. The number of ether oxygens (including phenoxy) is 1. The van der Waals surface area contributed by atoms with E-state index in [0.717, 1.165) is 24.8 Å². The van der Waals surface area contributed by atoms with E-state index in [2.05, 4.69) is 15.9 Å². The summed E-state index contributed by atoms with van der Waals surface area (Å²) in [5.41, 5.74) is 0. The average Bonchev–Trinajstić information content (AvgIpc) is 2.31. The molecule has 1 amide bonds. The molecule has 1 saturated heterocycles. The van der Waals surface area contributed by atoms with Crippen LogP contribution in [0.15, 0.2) is 0 Å². The first-order valence-corrected chi connectivity index (χ1v) is 4.44. The Bertz CT molecular complexity index is 129. The van der Waals surface area contributed by atoms with E-state index in [9.17, 15) is 4.79 Å². The van der Waals surface area contributed by atoms with E-state index in [4.69, 9.17) is 4.74 Å². The molecule has 1 heterocycles. The number of carbonyl (C=O) groups excluding carboxylic acids is 1. The molecule has 0 bridgehead atoms. The Balaban J connectivity index is 2.20. The lowest BCUT2D eigenvalue weighted by Crippen LogP contribution is -2.25. The number of cyclic esters (lactones) is 1. The fraction of sp³-hybridized carbons (Fsp3) is 0.833. The number of rotatable bonds is 3. The summed E-state index contributed by atoms with van der Waals surface area (Å²) in [6.45, 7) is 2.12.